The van der Waals surface area contributed by atoms with Gasteiger partial charge in [-0.3, -0.25) is 4.90 Å². The molecule has 6 heterocycles. The molecule has 0 unspecified atom stereocenters. The van der Waals surface area contributed by atoms with Crippen LogP contribution in [0, 0.1) is 17.8 Å². The first-order valence-electron chi connectivity index (χ1n) is 12.4. The average Bonchev–Trinajstić information content (AvgIpc) is 3.23. The molecule has 7 rings (SSSR count). The highest BCUT2D eigenvalue weighted by Gasteiger charge is 2.65. The van der Waals surface area contributed by atoms with E-state index in [2.05, 4.69) is 54.8 Å². The Balaban J connectivity index is 1.30. The number of para-hydroxylation sites is 1. The van der Waals surface area contributed by atoms with Gasteiger partial charge in [0.2, 0.25) is 0 Å². The SMILES string of the molecule is CN1[C@@H]2C[C@@H]3[C@@H](CO[C@@]4(C)O[C@]5(C[C@@H]34)OCCC[C@@H]5O)[C@H]1Cc1c2n(C)c2ccccc12. The molecule has 32 heavy (non-hydrogen) atoms. The summed E-state index contributed by atoms with van der Waals surface area (Å²) in [6, 6.07) is 9.72. The van der Waals surface area contributed by atoms with Crippen LogP contribution in [0.5, 0.6) is 0 Å². The summed E-state index contributed by atoms with van der Waals surface area (Å²) in [6.07, 6.45) is 3.97. The second-order valence-electron chi connectivity index (χ2n) is 11.0. The maximum absolute atomic E-state index is 10.9. The van der Waals surface area contributed by atoms with Gasteiger partial charge in [0, 0.05) is 47.9 Å². The lowest BCUT2D eigenvalue weighted by Crippen LogP contribution is -2.60. The maximum atomic E-state index is 10.9. The number of nitrogens with zero attached hydrogens (tertiary/aromatic N) is 2. The first-order valence-corrected chi connectivity index (χ1v) is 12.4. The molecular weight excluding hydrogens is 404 g/mol. The summed E-state index contributed by atoms with van der Waals surface area (Å²) >= 11 is 0. The van der Waals surface area contributed by atoms with E-state index in [1.165, 1.54) is 22.2 Å². The van der Waals surface area contributed by atoms with Gasteiger partial charge in [-0.1, -0.05) is 18.2 Å². The minimum atomic E-state index is -0.893. The normalized spacial score (nSPS) is 45.6. The van der Waals surface area contributed by atoms with Gasteiger partial charge >= 0.3 is 0 Å². The molecule has 1 aromatic carbocycles. The molecule has 6 nitrogen and oxygen atoms in total. The van der Waals surface area contributed by atoms with Gasteiger partial charge in [-0.2, -0.15) is 0 Å². The summed E-state index contributed by atoms with van der Waals surface area (Å²) in [5.41, 5.74) is 4.36. The van der Waals surface area contributed by atoms with Crippen molar-refractivity contribution < 1.29 is 19.3 Å². The van der Waals surface area contributed by atoms with Gasteiger partial charge in [0.05, 0.1) is 19.3 Å². The minimum absolute atomic E-state index is 0.240. The smallest absolute Gasteiger partial charge is 0.198 e. The van der Waals surface area contributed by atoms with E-state index in [0.717, 1.165) is 32.1 Å². The Morgan fingerprint density at radius 3 is 2.81 bits per heavy atom. The highest BCUT2D eigenvalue weighted by atomic mass is 16.8. The van der Waals surface area contributed by atoms with Crippen molar-refractivity contribution in [2.45, 2.75) is 68.8 Å². The van der Waals surface area contributed by atoms with Crippen molar-refractivity contribution in [1.29, 1.82) is 0 Å². The van der Waals surface area contributed by atoms with Crippen LogP contribution in [-0.2, 0) is 27.7 Å². The van der Waals surface area contributed by atoms with Gasteiger partial charge in [0.25, 0.3) is 0 Å². The lowest BCUT2D eigenvalue weighted by atomic mass is 9.63. The quantitative estimate of drug-likeness (QED) is 0.684. The Morgan fingerprint density at radius 2 is 1.97 bits per heavy atom. The number of rotatable bonds is 0. The highest BCUT2D eigenvalue weighted by molar-refractivity contribution is 5.86. The van der Waals surface area contributed by atoms with Crippen LogP contribution in [0.4, 0.5) is 0 Å². The Bertz CT molecular complexity index is 1080. The molecule has 0 aliphatic carbocycles. The molecule has 5 aliphatic rings. The number of piperidine rings is 1. The molecule has 4 fully saturated rings. The standard InChI is InChI=1S/C26H34N2O4/c1-25-19(13-26(32-25)23(29)9-6-10-30-26)16-11-22-24-17(12-21(27(22)2)18(16)14-31-25)15-7-4-5-8-20(15)28(24)3/h4-5,7-8,16,18-19,21-23,29H,6,9-14H2,1-3H3/t16-,18-,19+,21-,22-,23+,25+,26+/m1/s1. The van der Waals surface area contributed by atoms with Crippen molar-refractivity contribution >= 4 is 10.9 Å². The Labute approximate surface area is 189 Å². The molecule has 0 saturated carbocycles. The van der Waals surface area contributed by atoms with E-state index in [1.807, 2.05) is 0 Å². The van der Waals surface area contributed by atoms with E-state index in [4.69, 9.17) is 14.2 Å². The number of aryl methyl sites for hydroxylation is 1. The minimum Gasteiger partial charge on any atom is -0.388 e. The summed E-state index contributed by atoms with van der Waals surface area (Å²) in [4.78, 5) is 2.62. The topological polar surface area (TPSA) is 56.1 Å². The molecule has 6 heteroatoms. The Morgan fingerprint density at radius 1 is 1.12 bits per heavy atom. The summed E-state index contributed by atoms with van der Waals surface area (Å²) < 4.78 is 21.6. The van der Waals surface area contributed by atoms with Crippen molar-refractivity contribution in [1.82, 2.24) is 9.47 Å². The third-order valence-corrected chi connectivity index (χ3v) is 9.65. The van der Waals surface area contributed by atoms with Gasteiger partial charge in [-0.15, -0.1) is 0 Å². The largest absolute Gasteiger partial charge is 0.388 e. The lowest BCUT2D eigenvalue weighted by Gasteiger charge is -2.57. The van der Waals surface area contributed by atoms with Crippen LogP contribution in [0.15, 0.2) is 24.3 Å². The zero-order chi connectivity index (χ0) is 21.8. The molecule has 5 aliphatic heterocycles. The fourth-order valence-corrected chi connectivity index (χ4v) is 8.08. The third kappa shape index (κ3) is 2.43. The number of likely N-dealkylation sites (N-methyl/N-ethyl adjacent to an activating group) is 1. The number of ether oxygens (including phenoxy) is 3. The molecule has 1 N–H and O–H groups in total. The molecule has 0 radical (unpaired) electrons. The number of aliphatic hydroxyl groups is 1. The maximum Gasteiger partial charge on any atom is 0.198 e. The summed E-state index contributed by atoms with van der Waals surface area (Å²) in [5.74, 6) is -0.352. The number of hydrogen-bond acceptors (Lipinski definition) is 5. The van der Waals surface area contributed by atoms with Crippen LogP contribution in [0.25, 0.3) is 10.9 Å². The zero-order valence-corrected chi connectivity index (χ0v) is 19.3. The zero-order valence-electron chi connectivity index (χ0n) is 19.3. The van der Waals surface area contributed by atoms with Crippen LogP contribution < -0.4 is 0 Å². The third-order valence-electron chi connectivity index (χ3n) is 9.65. The molecule has 0 amide bonds. The van der Waals surface area contributed by atoms with E-state index in [1.54, 1.807) is 0 Å². The Hall–Kier alpha value is -1.44. The van der Waals surface area contributed by atoms with Crippen LogP contribution in [-0.4, -0.2) is 58.6 Å². The highest BCUT2D eigenvalue weighted by Crippen LogP contribution is 2.60. The molecule has 1 spiro atoms. The predicted molar refractivity (Wildman–Crippen MR) is 120 cm³/mol. The first-order chi connectivity index (χ1) is 15.4. The van der Waals surface area contributed by atoms with Crippen molar-refractivity contribution in [3.63, 3.8) is 0 Å². The van der Waals surface area contributed by atoms with Crippen molar-refractivity contribution in [2.24, 2.45) is 24.8 Å². The van der Waals surface area contributed by atoms with Crippen molar-refractivity contribution in [3.05, 3.63) is 35.5 Å². The fourth-order valence-electron chi connectivity index (χ4n) is 8.08. The van der Waals surface area contributed by atoms with Crippen LogP contribution in [0.3, 0.4) is 0 Å². The van der Waals surface area contributed by atoms with Gasteiger partial charge in [-0.05, 0) is 57.2 Å². The van der Waals surface area contributed by atoms with E-state index >= 15 is 0 Å². The number of fused-ring (bicyclic) bond motifs is 10. The number of hydrogen-bond donors (Lipinski definition) is 1. The molecule has 8 atom stereocenters. The predicted octanol–water partition coefficient (Wildman–Crippen LogP) is 3.36. The average molecular weight is 439 g/mol. The van der Waals surface area contributed by atoms with Gasteiger partial charge < -0.3 is 23.9 Å². The molecule has 172 valence electrons. The van der Waals surface area contributed by atoms with Crippen molar-refractivity contribution in [3.8, 4) is 0 Å². The molecule has 4 saturated heterocycles. The number of aliphatic hydroxyl groups excluding tert-OH is 1. The van der Waals surface area contributed by atoms with E-state index in [9.17, 15) is 5.11 Å². The van der Waals surface area contributed by atoms with E-state index in [-0.39, 0.29) is 5.92 Å². The van der Waals surface area contributed by atoms with E-state index in [0.29, 0.717) is 37.1 Å². The molecule has 2 aromatic rings. The lowest BCUT2D eigenvalue weighted by molar-refractivity contribution is -0.365. The number of benzene rings is 1. The monoisotopic (exact) mass is 438 g/mol. The number of aromatic nitrogens is 1. The first kappa shape index (κ1) is 20.0. The van der Waals surface area contributed by atoms with Crippen molar-refractivity contribution in [2.75, 3.05) is 20.3 Å². The summed E-state index contributed by atoms with van der Waals surface area (Å²) in [6.45, 7) is 3.45. The second kappa shape index (κ2) is 6.57. The van der Waals surface area contributed by atoms with Crippen LogP contribution in [0.2, 0.25) is 0 Å². The van der Waals surface area contributed by atoms with Crippen LogP contribution >= 0.6 is 0 Å². The molecular formula is C26H34N2O4. The van der Waals surface area contributed by atoms with Crippen LogP contribution in [0.1, 0.15) is 49.9 Å². The molecule has 1 aromatic heterocycles. The fraction of sp³-hybridized carbons (Fsp3) is 0.692. The second-order valence-corrected chi connectivity index (χ2v) is 11.0. The van der Waals surface area contributed by atoms with Gasteiger partial charge in [0.1, 0.15) is 6.10 Å². The van der Waals surface area contributed by atoms with E-state index < -0.39 is 17.7 Å². The van der Waals surface area contributed by atoms with Gasteiger partial charge in [-0.25, -0.2) is 0 Å². The van der Waals surface area contributed by atoms with Gasteiger partial charge in [0.15, 0.2) is 11.6 Å². The summed E-state index contributed by atoms with van der Waals surface area (Å²) in [7, 11) is 4.54. The Kier molecular flexibility index (Phi) is 4.10. The summed E-state index contributed by atoms with van der Waals surface area (Å²) in [5, 5.41) is 12.3. The molecule has 2 bridgehead atoms.